The molecule has 0 unspecified atom stereocenters. The van der Waals surface area contributed by atoms with Crippen molar-refractivity contribution in [1.29, 1.82) is 0 Å². The molecule has 9 rings (SSSR count). The highest BCUT2D eigenvalue weighted by Gasteiger charge is 2.39. The summed E-state index contributed by atoms with van der Waals surface area (Å²) in [5, 5.41) is 25.1. The first-order valence-corrected chi connectivity index (χ1v) is 20.0. The van der Waals surface area contributed by atoms with Gasteiger partial charge < -0.3 is 25.8 Å². The molecule has 3 saturated heterocycles. The Balaban J connectivity index is 0.858. The average Bonchev–Trinajstić information content (AvgIpc) is 3.35. The normalized spacial score (nSPS) is 28.1. The molecule has 5 atom stereocenters. The molecule has 2 aromatic heterocycles. The first-order valence-electron chi connectivity index (χ1n) is 20.0. The maximum Gasteiger partial charge on any atom is 0.249 e. The zero-order valence-corrected chi connectivity index (χ0v) is 30.9. The van der Waals surface area contributed by atoms with Crippen molar-refractivity contribution in [2.24, 2.45) is 11.8 Å². The van der Waals surface area contributed by atoms with E-state index in [1.807, 2.05) is 6.20 Å². The van der Waals surface area contributed by atoms with Crippen LogP contribution in [0, 0.1) is 17.7 Å². The van der Waals surface area contributed by atoms with Gasteiger partial charge in [0.25, 0.3) is 0 Å². The van der Waals surface area contributed by atoms with E-state index in [2.05, 4.69) is 61.0 Å². The Bertz CT molecular complexity index is 2110. The Labute approximate surface area is 320 Å². The van der Waals surface area contributed by atoms with Crippen LogP contribution in [-0.2, 0) is 9.59 Å². The molecule has 6 heterocycles. The lowest BCUT2D eigenvalue weighted by atomic mass is 9.71. The van der Waals surface area contributed by atoms with Gasteiger partial charge in [-0.15, -0.1) is 10.2 Å². The summed E-state index contributed by atoms with van der Waals surface area (Å²) >= 11 is 0. The average molecular weight is 746 g/mol. The van der Waals surface area contributed by atoms with Gasteiger partial charge in [-0.3, -0.25) is 19.9 Å². The maximum atomic E-state index is 14.1. The smallest absolute Gasteiger partial charge is 0.249 e. The second-order valence-electron chi connectivity index (χ2n) is 16.3. The molecule has 286 valence electrons. The number of piperidine rings is 2. The predicted octanol–water partition coefficient (Wildman–Crippen LogP) is 6.61. The molecule has 0 spiro atoms. The number of nitrogens with zero attached hydrogens (tertiary/aromatic N) is 4. The molecule has 1 saturated carbocycles. The van der Waals surface area contributed by atoms with E-state index in [1.54, 1.807) is 12.1 Å². The predicted molar refractivity (Wildman–Crippen MR) is 207 cm³/mol. The topological polar surface area (TPSA) is 156 Å². The molecule has 0 radical (unpaired) electrons. The van der Waals surface area contributed by atoms with Crippen molar-refractivity contribution in [1.82, 2.24) is 25.8 Å². The third-order valence-electron chi connectivity index (χ3n) is 13.1. The zero-order chi connectivity index (χ0) is 37.6. The van der Waals surface area contributed by atoms with Crippen LogP contribution in [0.4, 0.5) is 15.9 Å². The van der Waals surface area contributed by atoms with E-state index in [0.29, 0.717) is 78.7 Å². The lowest BCUT2D eigenvalue weighted by Gasteiger charge is -2.40. The number of anilines is 2. The highest BCUT2D eigenvalue weighted by Crippen LogP contribution is 2.49. The lowest BCUT2D eigenvalue weighted by Crippen LogP contribution is -2.54. The molecule has 5 aliphatic rings. The number of imide groups is 1. The minimum absolute atomic E-state index is 0.191. The van der Waals surface area contributed by atoms with Crippen molar-refractivity contribution < 1.29 is 23.8 Å². The number of aromatic nitrogens is 3. The van der Waals surface area contributed by atoms with E-state index >= 15 is 0 Å². The van der Waals surface area contributed by atoms with E-state index in [1.165, 1.54) is 55.4 Å². The number of nitrogen functional groups attached to an aromatic ring is 1. The Morgan fingerprint density at radius 2 is 1.65 bits per heavy atom. The van der Waals surface area contributed by atoms with E-state index in [4.69, 9.17) is 10.5 Å². The second-order valence-corrected chi connectivity index (χ2v) is 16.3. The number of carbonyl (C=O) groups excluding carboxylic acids is 2. The summed E-state index contributed by atoms with van der Waals surface area (Å²) in [6.45, 7) is 1.17. The van der Waals surface area contributed by atoms with E-state index in [0.717, 1.165) is 37.1 Å². The number of fused-ring (bicyclic) bond motifs is 3. The molecule has 4 fully saturated rings. The molecule has 1 aliphatic carbocycles. The van der Waals surface area contributed by atoms with Crippen LogP contribution in [0.15, 0.2) is 60.8 Å². The van der Waals surface area contributed by atoms with Crippen LogP contribution in [0.5, 0.6) is 11.5 Å². The zero-order valence-electron chi connectivity index (χ0n) is 30.9. The minimum atomic E-state index is -0.720. The van der Waals surface area contributed by atoms with Crippen molar-refractivity contribution in [3.8, 4) is 34.0 Å². The van der Waals surface area contributed by atoms with Gasteiger partial charge in [0.15, 0.2) is 17.4 Å². The van der Waals surface area contributed by atoms with Gasteiger partial charge >= 0.3 is 0 Å². The van der Waals surface area contributed by atoms with Crippen molar-refractivity contribution in [3.63, 3.8) is 0 Å². The van der Waals surface area contributed by atoms with Crippen molar-refractivity contribution in [2.75, 3.05) is 23.8 Å². The SMILES string of the molecule is Nc1nnc(-c2cccc(F)c2O)cc1-c1cc([C@@H]2C[C@H]3CC[C@@H](C4CCC(c5cccc6c5OCCN6[C@@H]5CCC(=O)NC5=O)CC4)C[C@H](C2)N3)ccn1. The number of halogens is 1. The monoisotopic (exact) mass is 745 g/mol. The van der Waals surface area contributed by atoms with Crippen molar-refractivity contribution >= 4 is 23.3 Å². The fourth-order valence-electron chi connectivity index (χ4n) is 10.3. The molecule has 11 nitrogen and oxygen atoms in total. The standard InChI is InChI=1S/C43H48FN7O4/c44-34-5-1-4-32(40(34)53)36-23-33(42(45)50-49-36)35-22-27(15-16-46-35)28-20-29-12-11-26(19-30(21-28)47-29)24-7-9-25(10-8-24)31-3-2-6-37-41(31)55-18-17-51(37)38-13-14-39(52)48-43(38)54/h1-6,15-16,22-26,28-30,38,47,53H,7-14,17-21H2,(H2,45,50)(H,48,52,54)/t24?,25?,26-,28-,29-,30-,38-/m1/s1. The number of nitrogens with two attached hydrogens (primary N) is 1. The van der Waals surface area contributed by atoms with Crippen LogP contribution in [0.2, 0.25) is 0 Å². The number of benzene rings is 2. The van der Waals surface area contributed by atoms with Gasteiger partial charge in [-0.1, -0.05) is 18.2 Å². The largest absolute Gasteiger partial charge is 0.504 e. The molecular weight excluding hydrogens is 698 g/mol. The molecule has 5 N–H and O–H groups in total. The van der Waals surface area contributed by atoms with Gasteiger partial charge in [0.2, 0.25) is 11.8 Å². The van der Waals surface area contributed by atoms with Crippen LogP contribution in [-0.4, -0.2) is 63.4 Å². The molecular formula is C43H48FN7O4. The number of phenols is 1. The van der Waals surface area contributed by atoms with Crippen molar-refractivity contribution in [3.05, 3.63) is 77.7 Å². The molecule has 2 aromatic carbocycles. The molecule has 12 heteroatoms. The molecule has 4 aromatic rings. The first kappa shape index (κ1) is 35.6. The molecule has 4 aliphatic heterocycles. The number of aromatic hydroxyl groups is 1. The summed E-state index contributed by atoms with van der Waals surface area (Å²) in [6, 6.07) is 17.2. The van der Waals surface area contributed by atoms with Gasteiger partial charge in [-0.05, 0) is 135 Å². The highest BCUT2D eigenvalue weighted by atomic mass is 19.1. The third kappa shape index (κ3) is 7.01. The van der Waals surface area contributed by atoms with Crippen molar-refractivity contribution in [2.45, 2.75) is 101 Å². The summed E-state index contributed by atoms with van der Waals surface area (Å²) < 4.78 is 20.5. The number of para-hydroxylation sites is 2. The number of ether oxygens (including phenoxy) is 1. The van der Waals surface area contributed by atoms with Crippen LogP contribution in [0.3, 0.4) is 0 Å². The first-order chi connectivity index (χ1) is 26.8. The fraction of sp³-hybridized carbons (Fsp3) is 0.465. The van der Waals surface area contributed by atoms with Crippen LogP contribution < -0.4 is 26.0 Å². The van der Waals surface area contributed by atoms with E-state index < -0.39 is 11.6 Å². The van der Waals surface area contributed by atoms with E-state index in [-0.39, 0.29) is 29.2 Å². The Morgan fingerprint density at radius 1 is 0.836 bits per heavy atom. The van der Waals surface area contributed by atoms with Gasteiger partial charge in [-0.25, -0.2) is 4.39 Å². The highest BCUT2D eigenvalue weighted by molar-refractivity contribution is 6.02. The van der Waals surface area contributed by atoms with Crippen LogP contribution >= 0.6 is 0 Å². The van der Waals surface area contributed by atoms with E-state index in [9.17, 15) is 19.1 Å². The number of hydrogen-bond donors (Lipinski definition) is 4. The number of carbonyl (C=O) groups is 2. The molecule has 2 bridgehead atoms. The second kappa shape index (κ2) is 14.9. The number of pyridine rings is 1. The number of phenolic OH excluding ortho intramolecular Hbond substituents is 1. The Kier molecular flexibility index (Phi) is 9.61. The summed E-state index contributed by atoms with van der Waals surface area (Å²) in [6.07, 6.45) is 13.2. The van der Waals surface area contributed by atoms with Gasteiger partial charge in [-0.2, -0.15) is 0 Å². The molecule has 2 amide bonds. The summed E-state index contributed by atoms with van der Waals surface area (Å²) in [5.41, 5.74) is 11.6. The number of rotatable bonds is 6. The number of nitrogens with one attached hydrogen (secondary N) is 2. The Morgan fingerprint density at radius 3 is 2.51 bits per heavy atom. The lowest BCUT2D eigenvalue weighted by molar-refractivity contribution is -0.134. The quantitative estimate of drug-likeness (QED) is 0.158. The Hall–Kier alpha value is -5.10. The summed E-state index contributed by atoms with van der Waals surface area (Å²) in [7, 11) is 0. The minimum Gasteiger partial charge on any atom is -0.504 e. The fourth-order valence-corrected chi connectivity index (χ4v) is 10.3. The van der Waals surface area contributed by atoms with Crippen LogP contribution in [0.25, 0.3) is 22.5 Å². The maximum absolute atomic E-state index is 14.1. The molecule has 55 heavy (non-hydrogen) atoms. The third-order valence-corrected chi connectivity index (χ3v) is 13.1. The number of amides is 2. The van der Waals surface area contributed by atoms with Gasteiger partial charge in [0, 0.05) is 35.8 Å². The summed E-state index contributed by atoms with van der Waals surface area (Å²) in [5.74, 6) is 1.79. The van der Waals surface area contributed by atoms with Crippen LogP contribution in [0.1, 0.15) is 93.6 Å². The van der Waals surface area contributed by atoms with Gasteiger partial charge in [0.05, 0.1) is 23.6 Å². The number of hydrogen-bond acceptors (Lipinski definition) is 10. The van der Waals surface area contributed by atoms with Gasteiger partial charge in [0.1, 0.15) is 18.4 Å². The summed E-state index contributed by atoms with van der Waals surface area (Å²) in [4.78, 5) is 31.4.